The van der Waals surface area contributed by atoms with Crippen molar-refractivity contribution in [2.45, 2.75) is 0 Å². The first-order valence-corrected chi connectivity index (χ1v) is 9.08. The van der Waals surface area contributed by atoms with Gasteiger partial charge < -0.3 is 10.4 Å². The average molecular weight is 412 g/mol. The largest absolute Gasteiger partial charge is 0.477 e. The molecule has 2 N–H and O–H groups in total. The van der Waals surface area contributed by atoms with Crippen LogP contribution in [-0.4, -0.2) is 17.0 Å². The van der Waals surface area contributed by atoms with Gasteiger partial charge in [0.15, 0.2) is 0 Å². The van der Waals surface area contributed by atoms with Gasteiger partial charge >= 0.3 is 5.97 Å². The van der Waals surface area contributed by atoms with E-state index in [2.05, 4.69) is 5.32 Å². The maximum atomic E-state index is 12.3. The van der Waals surface area contributed by atoms with Crippen LogP contribution in [0.15, 0.2) is 78.5 Å². The van der Waals surface area contributed by atoms with Crippen molar-refractivity contribution in [3.63, 3.8) is 0 Å². The van der Waals surface area contributed by atoms with Crippen molar-refractivity contribution in [2.75, 3.05) is 0 Å². The van der Waals surface area contributed by atoms with Crippen molar-refractivity contribution in [3.8, 4) is 11.1 Å². The molecule has 0 aliphatic heterocycles. The standard InChI is InChI=1S/C22H15Cl2NO3/c23-18-12-11-16(14-7-3-1-4-8-14)20(24)17(18)13-19(22(27)28)25-21(26)15-9-5-2-6-10-15/h1-13H,(H,25,26)(H,27,28)/b19-13+. The molecule has 28 heavy (non-hydrogen) atoms. The van der Waals surface area contributed by atoms with Gasteiger partial charge in [-0.05, 0) is 29.8 Å². The summed E-state index contributed by atoms with van der Waals surface area (Å²) in [4.78, 5) is 24.0. The van der Waals surface area contributed by atoms with Crippen LogP contribution in [0, 0.1) is 0 Å². The lowest BCUT2D eigenvalue weighted by Crippen LogP contribution is -2.27. The van der Waals surface area contributed by atoms with Crippen LogP contribution in [0.1, 0.15) is 15.9 Å². The van der Waals surface area contributed by atoms with Crippen LogP contribution in [0.3, 0.4) is 0 Å². The van der Waals surface area contributed by atoms with E-state index in [-0.39, 0.29) is 10.7 Å². The maximum Gasteiger partial charge on any atom is 0.352 e. The predicted octanol–water partition coefficient (Wildman–Crippen LogP) is 5.52. The second-order valence-corrected chi connectivity index (χ2v) is 6.66. The first-order valence-electron chi connectivity index (χ1n) is 8.32. The van der Waals surface area contributed by atoms with E-state index in [0.29, 0.717) is 21.7 Å². The van der Waals surface area contributed by atoms with Crippen LogP contribution < -0.4 is 5.32 Å². The van der Waals surface area contributed by atoms with Crippen molar-refractivity contribution < 1.29 is 14.7 Å². The smallest absolute Gasteiger partial charge is 0.352 e. The first-order chi connectivity index (χ1) is 13.5. The Morgan fingerprint density at radius 3 is 2.07 bits per heavy atom. The summed E-state index contributed by atoms with van der Waals surface area (Å²) in [6.07, 6.45) is 1.26. The van der Waals surface area contributed by atoms with Gasteiger partial charge in [0.05, 0.1) is 5.02 Å². The van der Waals surface area contributed by atoms with Crippen molar-refractivity contribution >= 4 is 41.2 Å². The number of rotatable bonds is 5. The number of benzene rings is 3. The van der Waals surface area contributed by atoms with E-state index >= 15 is 0 Å². The summed E-state index contributed by atoms with van der Waals surface area (Å²) in [6.45, 7) is 0. The Labute approximate surface area is 172 Å². The predicted molar refractivity (Wildman–Crippen MR) is 111 cm³/mol. The summed E-state index contributed by atoms with van der Waals surface area (Å²) < 4.78 is 0. The number of carbonyl (C=O) groups is 2. The molecule has 0 unspecified atom stereocenters. The topological polar surface area (TPSA) is 66.4 Å². The van der Waals surface area contributed by atoms with E-state index in [4.69, 9.17) is 23.2 Å². The molecule has 0 aromatic heterocycles. The van der Waals surface area contributed by atoms with Gasteiger partial charge in [0.25, 0.3) is 5.91 Å². The zero-order chi connectivity index (χ0) is 20.1. The van der Waals surface area contributed by atoms with Gasteiger partial charge in [-0.3, -0.25) is 4.79 Å². The Bertz CT molecular complexity index is 1050. The molecule has 6 heteroatoms. The molecule has 140 valence electrons. The number of carboxylic acid groups (broad SMARTS) is 1. The number of hydrogen-bond acceptors (Lipinski definition) is 2. The van der Waals surface area contributed by atoms with Crippen molar-refractivity contribution in [2.24, 2.45) is 0 Å². The summed E-state index contributed by atoms with van der Waals surface area (Å²) in [7, 11) is 0. The summed E-state index contributed by atoms with van der Waals surface area (Å²) in [5, 5.41) is 12.5. The van der Waals surface area contributed by atoms with Gasteiger partial charge in [-0.1, -0.05) is 77.8 Å². The fourth-order valence-electron chi connectivity index (χ4n) is 2.62. The molecule has 0 saturated carbocycles. The molecule has 0 atom stereocenters. The van der Waals surface area contributed by atoms with E-state index in [1.807, 2.05) is 30.3 Å². The molecule has 0 spiro atoms. The molecule has 0 fully saturated rings. The number of nitrogens with one attached hydrogen (secondary N) is 1. The monoisotopic (exact) mass is 411 g/mol. The summed E-state index contributed by atoms with van der Waals surface area (Å²) >= 11 is 12.8. The van der Waals surface area contributed by atoms with E-state index in [1.54, 1.807) is 42.5 Å². The number of aliphatic carboxylic acids is 1. The number of amides is 1. The van der Waals surface area contributed by atoms with E-state index in [1.165, 1.54) is 6.08 Å². The quantitative estimate of drug-likeness (QED) is 0.543. The van der Waals surface area contributed by atoms with Gasteiger partial charge in [-0.15, -0.1) is 0 Å². The summed E-state index contributed by atoms with van der Waals surface area (Å²) in [5.74, 6) is -1.85. The molecule has 3 aromatic carbocycles. The minimum absolute atomic E-state index is 0.275. The lowest BCUT2D eigenvalue weighted by Gasteiger charge is -2.11. The minimum Gasteiger partial charge on any atom is -0.477 e. The van der Waals surface area contributed by atoms with E-state index < -0.39 is 11.9 Å². The molecule has 3 rings (SSSR count). The third kappa shape index (κ3) is 4.42. The molecule has 0 saturated heterocycles. The summed E-state index contributed by atoms with van der Waals surface area (Å²) in [5.41, 5.74) is 1.89. The van der Waals surface area contributed by atoms with E-state index in [9.17, 15) is 14.7 Å². The third-order valence-electron chi connectivity index (χ3n) is 4.01. The molecule has 0 radical (unpaired) electrons. The SMILES string of the molecule is O=C(O)/C(=C\c1c(Cl)ccc(-c2ccccc2)c1Cl)NC(=O)c1ccccc1. The van der Waals surface area contributed by atoms with Gasteiger partial charge in [0.2, 0.25) is 0 Å². The van der Waals surface area contributed by atoms with Crippen LogP contribution in [0.5, 0.6) is 0 Å². The Kier molecular flexibility index (Phi) is 6.14. The van der Waals surface area contributed by atoms with Crippen molar-refractivity contribution in [3.05, 3.63) is 99.7 Å². The van der Waals surface area contributed by atoms with Crippen LogP contribution in [0.4, 0.5) is 0 Å². The first kappa shape index (κ1) is 19.7. The second-order valence-electron chi connectivity index (χ2n) is 5.87. The number of halogens is 2. The molecule has 0 aliphatic rings. The highest BCUT2D eigenvalue weighted by Crippen LogP contribution is 2.36. The molecule has 4 nitrogen and oxygen atoms in total. The van der Waals surface area contributed by atoms with Gasteiger partial charge in [0.1, 0.15) is 5.70 Å². The van der Waals surface area contributed by atoms with Gasteiger partial charge in [0, 0.05) is 21.7 Å². The molecular weight excluding hydrogens is 397 g/mol. The highest BCUT2D eigenvalue weighted by Gasteiger charge is 2.17. The van der Waals surface area contributed by atoms with Crippen LogP contribution in [-0.2, 0) is 4.79 Å². The molecule has 3 aromatic rings. The molecule has 0 bridgehead atoms. The molecule has 0 heterocycles. The second kappa shape index (κ2) is 8.74. The maximum absolute atomic E-state index is 12.3. The van der Waals surface area contributed by atoms with Crippen LogP contribution >= 0.6 is 23.2 Å². The van der Waals surface area contributed by atoms with Crippen LogP contribution in [0.2, 0.25) is 10.0 Å². The Hall–Kier alpha value is -3.08. The number of hydrogen-bond donors (Lipinski definition) is 2. The highest BCUT2D eigenvalue weighted by molar-refractivity contribution is 6.39. The lowest BCUT2D eigenvalue weighted by atomic mass is 10.0. The van der Waals surface area contributed by atoms with E-state index in [0.717, 1.165) is 5.56 Å². The molecule has 0 aliphatic carbocycles. The Balaban J connectivity index is 2.01. The average Bonchev–Trinajstić information content (AvgIpc) is 2.71. The lowest BCUT2D eigenvalue weighted by molar-refractivity contribution is -0.132. The van der Waals surface area contributed by atoms with Crippen LogP contribution in [0.25, 0.3) is 17.2 Å². The minimum atomic E-state index is -1.30. The zero-order valence-electron chi connectivity index (χ0n) is 14.5. The van der Waals surface area contributed by atoms with Crippen molar-refractivity contribution in [1.29, 1.82) is 0 Å². The number of carbonyl (C=O) groups excluding carboxylic acids is 1. The number of carboxylic acids is 1. The fourth-order valence-corrected chi connectivity index (χ4v) is 3.21. The zero-order valence-corrected chi connectivity index (χ0v) is 16.0. The molecular formula is C22H15Cl2NO3. The molecule has 1 amide bonds. The normalized spacial score (nSPS) is 11.1. The fraction of sp³-hybridized carbons (Fsp3) is 0. The van der Waals surface area contributed by atoms with Gasteiger partial charge in [-0.2, -0.15) is 0 Å². The Morgan fingerprint density at radius 2 is 1.46 bits per heavy atom. The van der Waals surface area contributed by atoms with Gasteiger partial charge in [-0.25, -0.2) is 4.79 Å². The summed E-state index contributed by atoms with van der Waals surface area (Å²) in [6, 6.07) is 21.1. The highest BCUT2D eigenvalue weighted by atomic mass is 35.5. The van der Waals surface area contributed by atoms with Crippen molar-refractivity contribution in [1.82, 2.24) is 5.32 Å². The third-order valence-corrected chi connectivity index (χ3v) is 4.75. The Morgan fingerprint density at radius 1 is 0.857 bits per heavy atom.